The van der Waals surface area contributed by atoms with Gasteiger partial charge in [0.1, 0.15) is 6.04 Å². The summed E-state index contributed by atoms with van der Waals surface area (Å²) in [6.07, 6.45) is 2.53. The molecule has 276 valence electrons. The molecule has 1 fully saturated rings. The summed E-state index contributed by atoms with van der Waals surface area (Å²) in [7, 11) is 0. The van der Waals surface area contributed by atoms with Gasteiger partial charge in [-0.25, -0.2) is 0 Å². The van der Waals surface area contributed by atoms with E-state index in [1.54, 1.807) is 37.3 Å². The molecule has 3 aromatic rings. The molecule has 1 atom stereocenters. The fourth-order valence-corrected chi connectivity index (χ4v) is 7.06. The molecule has 0 spiro atoms. The van der Waals surface area contributed by atoms with E-state index in [4.69, 9.17) is 5.73 Å². The molecule has 15 heteroatoms. The van der Waals surface area contributed by atoms with Crippen LogP contribution in [0.3, 0.4) is 0 Å². The van der Waals surface area contributed by atoms with E-state index >= 15 is 0 Å². The molecule has 6 rings (SSSR count). The molecule has 0 saturated carbocycles. The van der Waals surface area contributed by atoms with E-state index in [2.05, 4.69) is 31.2 Å². The van der Waals surface area contributed by atoms with Crippen molar-refractivity contribution in [2.75, 3.05) is 43.4 Å². The SMILES string of the molecule is CCN(CCNC(=O)c1c(C)[nH]c(/C=C2\C(=O)Nc3ccc(CCC(N)=O)cc32)c1C)CCNc1cccc2c1C(=O)N(C1CCC(=O)NC1=O)C2=O. The number of nitrogens with one attached hydrogen (secondary N) is 5. The summed E-state index contributed by atoms with van der Waals surface area (Å²) in [4.78, 5) is 94.5. The van der Waals surface area contributed by atoms with Crippen molar-refractivity contribution < 1.29 is 33.6 Å². The van der Waals surface area contributed by atoms with Gasteiger partial charge in [-0.2, -0.15) is 0 Å². The molecule has 0 bridgehead atoms. The fourth-order valence-electron chi connectivity index (χ4n) is 7.06. The first kappa shape index (κ1) is 36.7. The lowest BCUT2D eigenvalue weighted by molar-refractivity contribution is -0.136. The lowest BCUT2D eigenvalue weighted by atomic mass is 10.00. The number of carbonyl (C=O) groups is 7. The molecule has 4 heterocycles. The Kier molecular flexibility index (Phi) is 10.6. The molecular formula is C38H42N8O7. The van der Waals surface area contributed by atoms with E-state index in [0.29, 0.717) is 78.6 Å². The van der Waals surface area contributed by atoms with Gasteiger partial charge in [0, 0.05) is 67.3 Å². The summed E-state index contributed by atoms with van der Waals surface area (Å²) in [6.45, 7) is 8.25. The maximum Gasteiger partial charge on any atom is 0.264 e. The predicted octanol–water partition coefficient (Wildman–Crippen LogP) is 2.11. The number of primary amides is 1. The van der Waals surface area contributed by atoms with E-state index in [1.165, 1.54) is 0 Å². The first-order valence-electron chi connectivity index (χ1n) is 17.6. The second-order valence-corrected chi connectivity index (χ2v) is 13.3. The molecular weight excluding hydrogens is 680 g/mol. The number of nitrogens with zero attached hydrogens (tertiary/aromatic N) is 2. The number of hydrogen-bond donors (Lipinski definition) is 6. The number of aryl methyl sites for hydroxylation is 2. The quantitative estimate of drug-likeness (QED) is 0.106. The number of anilines is 2. The van der Waals surface area contributed by atoms with Gasteiger partial charge in [-0.15, -0.1) is 0 Å². The summed E-state index contributed by atoms with van der Waals surface area (Å²) >= 11 is 0. The van der Waals surface area contributed by atoms with Gasteiger partial charge in [-0.3, -0.25) is 43.8 Å². The number of imide groups is 2. The summed E-state index contributed by atoms with van der Waals surface area (Å²) < 4.78 is 0. The Balaban J connectivity index is 1.04. The molecule has 3 aliphatic rings. The number of fused-ring (bicyclic) bond motifs is 2. The smallest absolute Gasteiger partial charge is 0.264 e. The molecule has 2 aromatic carbocycles. The van der Waals surface area contributed by atoms with Crippen molar-refractivity contribution in [2.24, 2.45) is 5.73 Å². The van der Waals surface area contributed by atoms with Crippen molar-refractivity contribution >= 4 is 64.4 Å². The number of amides is 7. The van der Waals surface area contributed by atoms with Gasteiger partial charge >= 0.3 is 0 Å². The highest BCUT2D eigenvalue weighted by atomic mass is 16.2. The number of H-pyrrole nitrogens is 1. The molecule has 3 aliphatic heterocycles. The second kappa shape index (κ2) is 15.3. The normalized spacial score (nSPS) is 17.3. The second-order valence-electron chi connectivity index (χ2n) is 13.3. The highest BCUT2D eigenvalue weighted by Crippen LogP contribution is 2.35. The number of piperidine rings is 1. The Bertz CT molecular complexity index is 2080. The predicted molar refractivity (Wildman–Crippen MR) is 197 cm³/mol. The third kappa shape index (κ3) is 7.46. The molecule has 7 N–H and O–H groups in total. The van der Waals surface area contributed by atoms with E-state index in [9.17, 15) is 33.6 Å². The van der Waals surface area contributed by atoms with Gasteiger partial charge in [-0.1, -0.05) is 19.1 Å². The maximum atomic E-state index is 13.4. The number of rotatable bonds is 14. The number of likely N-dealkylation sites (N-methyl/N-ethyl adjacent to an activating group) is 1. The monoisotopic (exact) mass is 722 g/mol. The number of benzene rings is 2. The van der Waals surface area contributed by atoms with Crippen LogP contribution in [0.1, 0.15) is 85.3 Å². The Hall–Kier alpha value is -6.09. The summed E-state index contributed by atoms with van der Waals surface area (Å²) in [6, 6.07) is 9.43. The Labute approximate surface area is 305 Å². The standard InChI is InChI=1S/C38H42N8O7/c1-4-45(16-14-40-27-7-5-6-23-33(27)38(53)46(37(23)52)29-11-13-31(48)44-35(29)50)17-15-41-36(51)32-20(2)28(42-21(32)3)19-25-24-18-22(9-12-30(39)47)8-10-26(24)43-34(25)49/h5-8,10,18-19,29,40,42H,4,9,11-17H2,1-3H3,(H2,39,47)(H,41,51)(H,43,49)(H,44,48,50)/b25-19-. The topological polar surface area (TPSA) is 216 Å². The van der Waals surface area contributed by atoms with Crippen molar-refractivity contribution in [3.05, 3.63) is 81.2 Å². The summed E-state index contributed by atoms with van der Waals surface area (Å²) in [5.74, 6) is -3.13. The zero-order valence-corrected chi connectivity index (χ0v) is 29.8. The van der Waals surface area contributed by atoms with Crippen LogP contribution in [-0.2, 0) is 25.6 Å². The third-order valence-electron chi connectivity index (χ3n) is 9.89. The molecule has 7 amide bonds. The van der Waals surface area contributed by atoms with E-state index in [0.717, 1.165) is 16.0 Å². The molecule has 1 unspecified atom stereocenters. The Morgan fingerprint density at radius 1 is 1.00 bits per heavy atom. The number of carbonyl (C=O) groups excluding carboxylic acids is 7. The lowest BCUT2D eigenvalue weighted by Crippen LogP contribution is -2.54. The molecule has 53 heavy (non-hydrogen) atoms. The van der Waals surface area contributed by atoms with Gasteiger partial charge in [0.05, 0.1) is 22.3 Å². The summed E-state index contributed by atoms with van der Waals surface area (Å²) in [5, 5.41) is 11.3. The number of nitrogens with two attached hydrogens (primary N) is 1. The van der Waals surface area contributed by atoms with Crippen LogP contribution in [0.25, 0.3) is 11.6 Å². The van der Waals surface area contributed by atoms with Crippen molar-refractivity contribution in [1.82, 2.24) is 25.4 Å². The van der Waals surface area contributed by atoms with Gasteiger partial charge in [0.2, 0.25) is 17.7 Å². The molecule has 0 radical (unpaired) electrons. The molecule has 0 aliphatic carbocycles. The average molecular weight is 723 g/mol. The van der Waals surface area contributed by atoms with Gasteiger partial charge in [0.15, 0.2) is 0 Å². The zero-order valence-electron chi connectivity index (χ0n) is 29.8. The van der Waals surface area contributed by atoms with Gasteiger partial charge in [0.25, 0.3) is 23.6 Å². The maximum absolute atomic E-state index is 13.4. The minimum absolute atomic E-state index is 0.0463. The number of aromatic nitrogens is 1. The minimum atomic E-state index is -1.04. The van der Waals surface area contributed by atoms with Crippen LogP contribution >= 0.6 is 0 Å². The van der Waals surface area contributed by atoms with E-state index in [1.807, 2.05) is 26.0 Å². The molecule has 15 nitrogen and oxygen atoms in total. The molecule has 1 saturated heterocycles. The Morgan fingerprint density at radius 3 is 2.51 bits per heavy atom. The fraction of sp³-hybridized carbons (Fsp3) is 0.342. The minimum Gasteiger partial charge on any atom is -0.383 e. The average Bonchev–Trinajstić information content (AvgIpc) is 3.69. The van der Waals surface area contributed by atoms with Gasteiger partial charge in [-0.05, 0) is 74.7 Å². The third-order valence-corrected chi connectivity index (χ3v) is 9.89. The van der Waals surface area contributed by atoms with Crippen LogP contribution in [0.15, 0.2) is 36.4 Å². The van der Waals surface area contributed by atoms with E-state index < -0.39 is 35.6 Å². The van der Waals surface area contributed by atoms with Crippen molar-refractivity contribution in [1.29, 1.82) is 0 Å². The number of hydrogen-bond acceptors (Lipinski definition) is 9. The first-order chi connectivity index (χ1) is 25.4. The largest absolute Gasteiger partial charge is 0.383 e. The van der Waals surface area contributed by atoms with Crippen LogP contribution in [0.2, 0.25) is 0 Å². The first-order valence-corrected chi connectivity index (χ1v) is 17.6. The van der Waals surface area contributed by atoms with Gasteiger partial charge < -0.3 is 31.6 Å². The van der Waals surface area contributed by atoms with Crippen molar-refractivity contribution in [2.45, 2.75) is 52.5 Å². The summed E-state index contributed by atoms with van der Waals surface area (Å²) in [5.41, 5.74) is 11.4. The highest BCUT2D eigenvalue weighted by molar-refractivity contribution is 6.35. The van der Waals surface area contributed by atoms with Crippen molar-refractivity contribution in [3.8, 4) is 0 Å². The van der Waals surface area contributed by atoms with Crippen molar-refractivity contribution in [3.63, 3.8) is 0 Å². The van der Waals surface area contributed by atoms with Crippen LogP contribution in [0.4, 0.5) is 11.4 Å². The number of aromatic amines is 1. The zero-order chi connectivity index (χ0) is 38.0. The van der Waals surface area contributed by atoms with Crippen LogP contribution in [0, 0.1) is 13.8 Å². The Morgan fingerprint density at radius 2 is 1.77 bits per heavy atom. The molecule has 1 aromatic heterocycles. The van der Waals surface area contributed by atoms with Crippen LogP contribution in [0.5, 0.6) is 0 Å². The van der Waals surface area contributed by atoms with E-state index in [-0.39, 0.29) is 42.2 Å². The van der Waals surface area contributed by atoms with Crippen LogP contribution < -0.4 is 27.0 Å². The highest BCUT2D eigenvalue weighted by Gasteiger charge is 2.45. The lowest BCUT2D eigenvalue weighted by Gasteiger charge is -2.27. The van der Waals surface area contributed by atoms with Crippen LogP contribution in [-0.4, -0.2) is 94.9 Å².